The van der Waals surface area contributed by atoms with Gasteiger partial charge in [0.05, 0.1) is 5.92 Å². The third-order valence-electron chi connectivity index (χ3n) is 3.37. The van der Waals surface area contributed by atoms with Gasteiger partial charge >= 0.3 is 6.18 Å². The van der Waals surface area contributed by atoms with Crippen LogP contribution in [0, 0.1) is 5.92 Å². The van der Waals surface area contributed by atoms with Gasteiger partial charge in [0.2, 0.25) is 5.89 Å². The van der Waals surface area contributed by atoms with E-state index in [1.807, 2.05) is 0 Å². The molecule has 0 radical (unpaired) electrons. The maximum atomic E-state index is 12.5. The van der Waals surface area contributed by atoms with Crippen molar-refractivity contribution < 1.29 is 22.8 Å². The van der Waals surface area contributed by atoms with Gasteiger partial charge < -0.3 is 9.63 Å². The third kappa shape index (κ3) is 2.82. The summed E-state index contributed by atoms with van der Waals surface area (Å²) in [7, 11) is 0. The van der Waals surface area contributed by atoms with Crippen LogP contribution in [0.1, 0.15) is 56.3 Å². The Kier molecular flexibility index (Phi) is 3.61. The highest BCUT2D eigenvalue weighted by Crippen LogP contribution is 2.42. The van der Waals surface area contributed by atoms with Crippen molar-refractivity contribution in [3.63, 3.8) is 0 Å². The lowest BCUT2D eigenvalue weighted by molar-refractivity contribution is -0.182. The summed E-state index contributed by atoms with van der Waals surface area (Å²) in [4.78, 5) is 4.01. The zero-order valence-corrected chi connectivity index (χ0v) is 9.94. The maximum absolute atomic E-state index is 12.5. The van der Waals surface area contributed by atoms with Gasteiger partial charge in [-0.15, -0.1) is 0 Å². The number of nitrogens with zero attached hydrogens (tertiary/aromatic N) is 2. The van der Waals surface area contributed by atoms with E-state index in [1.54, 1.807) is 0 Å². The first-order valence-corrected chi connectivity index (χ1v) is 5.96. The fourth-order valence-electron chi connectivity index (χ4n) is 2.25. The number of aliphatic hydroxyl groups is 1. The number of hydrogen-bond acceptors (Lipinski definition) is 4. The zero-order valence-electron chi connectivity index (χ0n) is 9.94. The molecule has 1 unspecified atom stereocenters. The molecule has 1 aromatic heterocycles. The van der Waals surface area contributed by atoms with Gasteiger partial charge in [0.25, 0.3) is 0 Å². The Morgan fingerprint density at radius 2 is 1.89 bits per heavy atom. The number of aliphatic hydroxyl groups excluding tert-OH is 1. The lowest BCUT2D eigenvalue weighted by Crippen LogP contribution is -2.27. The average Bonchev–Trinajstić information content (AvgIpc) is 2.77. The van der Waals surface area contributed by atoms with Gasteiger partial charge in [-0.2, -0.15) is 18.2 Å². The molecule has 1 atom stereocenters. The molecule has 0 aliphatic heterocycles. The second kappa shape index (κ2) is 4.87. The molecule has 1 fully saturated rings. The Bertz CT molecular complexity index is 395. The molecule has 0 saturated heterocycles. The summed E-state index contributed by atoms with van der Waals surface area (Å²) in [6, 6.07) is 0. The van der Waals surface area contributed by atoms with E-state index in [0.29, 0.717) is 18.7 Å². The van der Waals surface area contributed by atoms with Crippen molar-refractivity contribution in [2.24, 2.45) is 5.92 Å². The molecule has 0 bridgehead atoms. The molecule has 0 aromatic carbocycles. The van der Waals surface area contributed by atoms with E-state index in [4.69, 9.17) is 4.52 Å². The summed E-state index contributed by atoms with van der Waals surface area (Å²) in [5.41, 5.74) is 0. The highest BCUT2D eigenvalue weighted by Gasteiger charge is 2.42. The average molecular weight is 264 g/mol. The third-order valence-corrected chi connectivity index (χ3v) is 3.37. The predicted molar refractivity (Wildman–Crippen MR) is 55.7 cm³/mol. The molecule has 0 spiro atoms. The van der Waals surface area contributed by atoms with Gasteiger partial charge in [-0.05, 0) is 32.6 Å². The SMILES string of the molecule is CC(O)c1noc(C2CCC(C(F)(F)F)CC2)n1. The first kappa shape index (κ1) is 13.3. The fraction of sp³-hybridized carbons (Fsp3) is 0.818. The minimum absolute atomic E-state index is 0.0978. The maximum Gasteiger partial charge on any atom is 0.391 e. The minimum atomic E-state index is -4.11. The van der Waals surface area contributed by atoms with E-state index in [-0.39, 0.29) is 24.6 Å². The summed E-state index contributed by atoms with van der Waals surface area (Å²) in [6.45, 7) is 1.51. The number of alkyl halides is 3. The summed E-state index contributed by atoms with van der Waals surface area (Å²) < 4.78 is 42.5. The van der Waals surface area contributed by atoms with Crippen molar-refractivity contribution in [2.75, 3.05) is 0 Å². The molecule has 0 amide bonds. The molecule has 1 aromatic rings. The number of rotatable bonds is 2. The molecule has 4 nitrogen and oxygen atoms in total. The first-order valence-electron chi connectivity index (χ1n) is 5.96. The fourth-order valence-corrected chi connectivity index (χ4v) is 2.25. The van der Waals surface area contributed by atoms with Crippen molar-refractivity contribution in [3.05, 3.63) is 11.7 Å². The summed E-state index contributed by atoms with van der Waals surface area (Å²) in [5.74, 6) is -0.814. The number of hydrogen-bond donors (Lipinski definition) is 1. The van der Waals surface area contributed by atoms with E-state index in [1.165, 1.54) is 6.92 Å². The van der Waals surface area contributed by atoms with E-state index in [0.717, 1.165) is 0 Å². The van der Waals surface area contributed by atoms with Crippen LogP contribution >= 0.6 is 0 Å². The lowest BCUT2D eigenvalue weighted by Gasteiger charge is -2.27. The van der Waals surface area contributed by atoms with Crippen LogP contribution in [0.15, 0.2) is 4.52 Å². The van der Waals surface area contributed by atoms with Crippen LogP contribution in [0.2, 0.25) is 0 Å². The Morgan fingerprint density at radius 3 is 2.33 bits per heavy atom. The monoisotopic (exact) mass is 264 g/mol. The molecule has 18 heavy (non-hydrogen) atoms. The van der Waals surface area contributed by atoms with Crippen LogP contribution in [0.3, 0.4) is 0 Å². The Morgan fingerprint density at radius 1 is 1.28 bits per heavy atom. The second-order valence-corrected chi connectivity index (χ2v) is 4.76. The van der Waals surface area contributed by atoms with Crippen molar-refractivity contribution in [2.45, 2.75) is 50.8 Å². The Hall–Kier alpha value is -1.11. The van der Waals surface area contributed by atoms with E-state index < -0.39 is 18.2 Å². The lowest BCUT2D eigenvalue weighted by atomic mass is 9.81. The second-order valence-electron chi connectivity index (χ2n) is 4.76. The van der Waals surface area contributed by atoms with Gasteiger partial charge in [-0.3, -0.25) is 0 Å². The quantitative estimate of drug-likeness (QED) is 0.892. The van der Waals surface area contributed by atoms with Crippen molar-refractivity contribution >= 4 is 0 Å². The van der Waals surface area contributed by atoms with Crippen molar-refractivity contribution in [3.8, 4) is 0 Å². The van der Waals surface area contributed by atoms with E-state index >= 15 is 0 Å². The van der Waals surface area contributed by atoms with E-state index in [2.05, 4.69) is 10.1 Å². The van der Waals surface area contributed by atoms with Gasteiger partial charge in [-0.1, -0.05) is 5.16 Å². The normalized spacial score (nSPS) is 27.2. The molecular weight excluding hydrogens is 249 g/mol. The highest BCUT2D eigenvalue weighted by atomic mass is 19.4. The van der Waals surface area contributed by atoms with Crippen LogP contribution in [0.25, 0.3) is 0 Å². The van der Waals surface area contributed by atoms with Crippen molar-refractivity contribution in [1.82, 2.24) is 10.1 Å². The van der Waals surface area contributed by atoms with Crippen LogP contribution in [0.4, 0.5) is 13.2 Å². The molecule has 1 aliphatic rings. The molecule has 1 aliphatic carbocycles. The molecule has 102 valence electrons. The highest BCUT2D eigenvalue weighted by molar-refractivity contribution is 4.98. The standard InChI is InChI=1S/C11H15F3N2O2/c1-6(17)9-15-10(18-16-9)7-2-4-8(5-3-7)11(12,13)14/h6-8,17H,2-5H2,1H3. The molecule has 1 heterocycles. The molecule has 7 heteroatoms. The summed E-state index contributed by atoms with van der Waals surface area (Å²) in [5, 5.41) is 12.9. The largest absolute Gasteiger partial charge is 0.391 e. The molecule has 1 saturated carbocycles. The number of aromatic nitrogens is 2. The van der Waals surface area contributed by atoms with Gasteiger partial charge in [0, 0.05) is 5.92 Å². The van der Waals surface area contributed by atoms with Gasteiger partial charge in [-0.25, -0.2) is 0 Å². The van der Waals surface area contributed by atoms with E-state index in [9.17, 15) is 18.3 Å². The molecule has 2 rings (SSSR count). The molecular formula is C11H15F3N2O2. The summed E-state index contributed by atoms with van der Waals surface area (Å²) in [6.07, 6.45) is -3.95. The summed E-state index contributed by atoms with van der Waals surface area (Å²) >= 11 is 0. The zero-order chi connectivity index (χ0) is 13.3. The first-order chi connectivity index (χ1) is 8.38. The Balaban J connectivity index is 1.97. The van der Waals surface area contributed by atoms with Gasteiger partial charge in [0.15, 0.2) is 5.82 Å². The Labute approximate surface area is 102 Å². The van der Waals surface area contributed by atoms with Gasteiger partial charge in [0.1, 0.15) is 6.10 Å². The van der Waals surface area contributed by atoms with Crippen LogP contribution in [-0.4, -0.2) is 21.4 Å². The number of halogens is 3. The van der Waals surface area contributed by atoms with Crippen LogP contribution in [-0.2, 0) is 0 Å². The van der Waals surface area contributed by atoms with Crippen molar-refractivity contribution in [1.29, 1.82) is 0 Å². The van der Waals surface area contributed by atoms with Crippen LogP contribution in [0.5, 0.6) is 0 Å². The predicted octanol–water partition coefficient (Wildman–Crippen LogP) is 2.96. The smallest absolute Gasteiger partial charge is 0.385 e. The minimum Gasteiger partial charge on any atom is -0.385 e. The topological polar surface area (TPSA) is 59.2 Å². The molecule has 1 N–H and O–H groups in total. The van der Waals surface area contributed by atoms with Crippen LogP contribution < -0.4 is 0 Å².